The second kappa shape index (κ2) is 6.93. The lowest BCUT2D eigenvalue weighted by Gasteiger charge is -2.02. The van der Waals surface area contributed by atoms with Gasteiger partial charge in [-0.05, 0) is 30.2 Å². The Labute approximate surface area is 139 Å². The summed E-state index contributed by atoms with van der Waals surface area (Å²) in [6.45, 7) is 4.04. The van der Waals surface area contributed by atoms with E-state index >= 15 is 0 Å². The largest absolute Gasteiger partial charge is 0.383 e. The van der Waals surface area contributed by atoms with Gasteiger partial charge in [0.05, 0.1) is 4.90 Å². The first-order chi connectivity index (χ1) is 11.2. The van der Waals surface area contributed by atoms with Crippen LogP contribution in [-0.4, -0.2) is 25.3 Å². The van der Waals surface area contributed by atoms with E-state index in [0.717, 1.165) is 0 Å². The highest BCUT2D eigenvalue weighted by Gasteiger charge is 2.14. The topological polar surface area (TPSA) is 142 Å². The maximum absolute atomic E-state index is 12.0. The van der Waals surface area contributed by atoms with Crippen LogP contribution in [0.4, 0.5) is 0 Å². The second-order valence-electron chi connectivity index (χ2n) is 5.65. The van der Waals surface area contributed by atoms with Gasteiger partial charge in [0.25, 0.3) is 0 Å². The molecular weight excluding hydrogens is 332 g/mol. The Morgan fingerprint density at radius 3 is 2.46 bits per heavy atom. The van der Waals surface area contributed by atoms with Crippen LogP contribution >= 0.6 is 0 Å². The summed E-state index contributed by atoms with van der Waals surface area (Å²) in [6, 6.07) is 6.93. The Balaban J connectivity index is 2.17. The molecule has 1 aromatic carbocycles. The van der Waals surface area contributed by atoms with E-state index in [1.165, 1.54) is 30.3 Å². The monoisotopic (exact) mass is 350 g/mol. The molecule has 1 amide bonds. The highest BCUT2D eigenvalue weighted by Crippen LogP contribution is 2.12. The zero-order valence-electron chi connectivity index (χ0n) is 13.3. The number of aliphatic imine (C=N–C) groups is 1. The molecule has 0 aliphatic rings. The molecule has 0 aliphatic carbocycles. The van der Waals surface area contributed by atoms with Crippen molar-refractivity contribution in [3.63, 3.8) is 0 Å². The standard InChI is InChI=1S/C15H18N4O4S/c1-9(2)7-11-8-13(19-23-11)15(20)18-14(16)10-3-5-12(6-4-10)24(17,21)22/h3-6,8-9H,7H2,1-2H3,(H2,16,18,20)(H2,17,21,22). The van der Waals surface area contributed by atoms with Crippen molar-refractivity contribution >= 4 is 21.8 Å². The summed E-state index contributed by atoms with van der Waals surface area (Å²) in [5.41, 5.74) is 6.23. The first-order valence-corrected chi connectivity index (χ1v) is 8.69. The Morgan fingerprint density at radius 2 is 1.92 bits per heavy atom. The molecule has 9 heteroatoms. The van der Waals surface area contributed by atoms with Crippen molar-refractivity contribution in [2.75, 3.05) is 0 Å². The molecule has 128 valence electrons. The number of rotatable bonds is 5. The number of benzene rings is 1. The van der Waals surface area contributed by atoms with Crippen molar-refractivity contribution in [2.45, 2.75) is 25.2 Å². The van der Waals surface area contributed by atoms with Crippen molar-refractivity contribution < 1.29 is 17.7 Å². The van der Waals surface area contributed by atoms with Gasteiger partial charge in [0.2, 0.25) is 10.0 Å². The molecule has 24 heavy (non-hydrogen) atoms. The van der Waals surface area contributed by atoms with Crippen LogP contribution < -0.4 is 10.9 Å². The van der Waals surface area contributed by atoms with Crippen molar-refractivity contribution in [1.29, 1.82) is 0 Å². The van der Waals surface area contributed by atoms with E-state index < -0.39 is 15.9 Å². The molecule has 0 fully saturated rings. The van der Waals surface area contributed by atoms with Crippen molar-refractivity contribution in [2.24, 2.45) is 21.8 Å². The smallest absolute Gasteiger partial charge is 0.301 e. The van der Waals surface area contributed by atoms with Crippen LogP contribution in [0.5, 0.6) is 0 Å². The van der Waals surface area contributed by atoms with Crippen LogP contribution in [0.1, 0.15) is 35.7 Å². The van der Waals surface area contributed by atoms with Gasteiger partial charge in [0.15, 0.2) is 5.69 Å². The average Bonchev–Trinajstić information content (AvgIpc) is 2.94. The van der Waals surface area contributed by atoms with Gasteiger partial charge >= 0.3 is 5.91 Å². The maximum Gasteiger partial charge on any atom is 0.301 e. The number of nitrogens with zero attached hydrogens (tertiary/aromatic N) is 2. The molecule has 0 spiro atoms. The summed E-state index contributed by atoms with van der Waals surface area (Å²) >= 11 is 0. The van der Waals surface area contributed by atoms with Crippen LogP contribution in [0.2, 0.25) is 0 Å². The summed E-state index contributed by atoms with van der Waals surface area (Å²) in [5.74, 6) is 0.266. The molecule has 0 saturated carbocycles. The molecule has 0 unspecified atom stereocenters. The third kappa shape index (κ3) is 4.49. The predicted molar refractivity (Wildman–Crippen MR) is 87.9 cm³/mol. The van der Waals surface area contributed by atoms with E-state index in [2.05, 4.69) is 10.1 Å². The highest BCUT2D eigenvalue weighted by molar-refractivity contribution is 7.89. The minimum atomic E-state index is -3.79. The average molecular weight is 350 g/mol. The molecule has 1 aromatic heterocycles. The number of sulfonamides is 1. The first kappa shape index (κ1) is 17.8. The number of aromatic nitrogens is 1. The predicted octanol–water partition coefficient (Wildman–Crippen LogP) is 1.07. The molecule has 2 aromatic rings. The van der Waals surface area contributed by atoms with E-state index in [0.29, 0.717) is 23.7 Å². The molecular formula is C15H18N4O4S. The number of amidine groups is 1. The lowest BCUT2D eigenvalue weighted by atomic mass is 10.1. The van der Waals surface area contributed by atoms with E-state index in [1.807, 2.05) is 13.8 Å². The van der Waals surface area contributed by atoms with Gasteiger partial charge in [0.1, 0.15) is 11.6 Å². The lowest BCUT2D eigenvalue weighted by Crippen LogP contribution is -2.17. The summed E-state index contributed by atoms with van der Waals surface area (Å²) in [4.78, 5) is 15.7. The van der Waals surface area contributed by atoms with Gasteiger partial charge in [-0.1, -0.05) is 19.0 Å². The minimum absolute atomic E-state index is 0.0554. The van der Waals surface area contributed by atoms with Gasteiger partial charge in [-0.3, -0.25) is 4.79 Å². The van der Waals surface area contributed by atoms with Crippen LogP contribution in [0.3, 0.4) is 0 Å². The number of amides is 1. The number of hydrogen-bond acceptors (Lipinski definition) is 5. The number of nitrogens with two attached hydrogens (primary N) is 2. The van der Waals surface area contributed by atoms with Gasteiger partial charge in [-0.25, -0.2) is 13.6 Å². The third-order valence-electron chi connectivity index (χ3n) is 3.09. The molecule has 8 nitrogen and oxygen atoms in total. The Bertz CT molecular complexity index is 867. The van der Waals surface area contributed by atoms with Crippen LogP contribution in [-0.2, 0) is 16.4 Å². The van der Waals surface area contributed by atoms with Crippen LogP contribution in [0.25, 0.3) is 0 Å². The quantitative estimate of drug-likeness (QED) is 0.610. The summed E-state index contributed by atoms with van der Waals surface area (Å²) < 4.78 is 27.5. The molecule has 1 heterocycles. The van der Waals surface area contributed by atoms with Crippen molar-refractivity contribution in [1.82, 2.24) is 5.16 Å². The zero-order chi connectivity index (χ0) is 17.9. The zero-order valence-corrected chi connectivity index (χ0v) is 14.1. The Morgan fingerprint density at radius 1 is 1.29 bits per heavy atom. The minimum Gasteiger partial charge on any atom is -0.383 e. The first-order valence-electron chi connectivity index (χ1n) is 7.14. The van der Waals surface area contributed by atoms with Crippen LogP contribution in [0.15, 0.2) is 44.7 Å². The molecule has 0 radical (unpaired) electrons. The maximum atomic E-state index is 12.0. The second-order valence-corrected chi connectivity index (χ2v) is 7.21. The normalized spacial score (nSPS) is 12.6. The van der Waals surface area contributed by atoms with Gasteiger partial charge in [-0.2, -0.15) is 4.99 Å². The van der Waals surface area contributed by atoms with E-state index in [-0.39, 0.29) is 16.4 Å². The summed E-state index contributed by atoms with van der Waals surface area (Å²) in [6.07, 6.45) is 0.661. The Kier molecular flexibility index (Phi) is 5.15. The molecule has 0 atom stereocenters. The van der Waals surface area contributed by atoms with E-state index in [9.17, 15) is 13.2 Å². The van der Waals surface area contributed by atoms with Gasteiger partial charge < -0.3 is 10.3 Å². The summed E-state index contributed by atoms with van der Waals surface area (Å²) in [7, 11) is -3.79. The van der Waals surface area contributed by atoms with Gasteiger partial charge in [0, 0.05) is 18.1 Å². The summed E-state index contributed by atoms with van der Waals surface area (Å²) in [5, 5.41) is 8.69. The molecule has 0 bridgehead atoms. The van der Waals surface area contributed by atoms with Crippen molar-refractivity contribution in [3.8, 4) is 0 Å². The Hall–Kier alpha value is -2.52. The highest BCUT2D eigenvalue weighted by atomic mass is 32.2. The molecule has 0 aliphatic heterocycles. The molecule has 4 N–H and O–H groups in total. The van der Waals surface area contributed by atoms with Crippen LogP contribution in [0, 0.1) is 5.92 Å². The van der Waals surface area contributed by atoms with E-state index in [4.69, 9.17) is 15.4 Å². The number of carbonyl (C=O) groups is 1. The fourth-order valence-corrected chi connectivity index (χ4v) is 2.47. The lowest BCUT2D eigenvalue weighted by molar-refractivity contribution is 0.0994. The van der Waals surface area contributed by atoms with Crippen molar-refractivity contribution in [3.05, 3.63) is 47.3 Å². The number of primary sulfonamides is 1. The third-order valence-corrected chi connectivity index (χ3v) is 4.02. The van der Waals surface area contributed by atoms with E-state index in [1.54, 1.807) is 0 Å². The fraction of sp³-hybridized carbons (Fsp3) is 0.267. The number of carbonyl (C=O) groups excluding carboxylic acids is 1. The fourth-order valence-electron chi connectivity index (χ4n) is 1.96. The molecule has 0 saturated heterocycles. The molecule has 2 rings (SSSR count). The number of hydrogen-bond donors (Lipinski definition) is 2. The van der Waals surface area contributed by atoms with Gasteiger partial charge in [-0.15, -0.1) is 0 Å². The SMILES string of the molecule is CC(C)Cc1cc(C(=O)N=C(N)c2ccc(S(N)(=O)=O)cc2)no1.